The van der Waals surface area contributed by atoms with Crippen LogP contribution in [0, 0.1) is 16.7 Å². The van der Waals surface area contributed by atoms with E-state index in [1.807, 2.05) is 26.8 Å². The van der Waals surface area contributed by atoms with Gasteiger partial charge in [0.15, 0.2) is 0 Å². The normalized spacial score (nSPS) is 10.6. The molecule has 0 bridgehead atoms. The van der Waals surface area contributed by atoms with Crippen molar-refractivity contribution in [2.75, 3.05) is 13.1 Å². The van der Waals surface area contributed by atoms with Gasteiger partial charge < -0.3 is 10.0 Å². The fourth-order valence-corrected chi connectivity index (χ4v) is 1.000. The van der Waals surface area contributed by atoms with Crippen LogP contribution in [0.1, 0.15) is 27.2 Å². The molecular formula is C9H16N2O2. The monoisotopic (exact) mass is 184 g/mol. The van der Waals surface area contributed by atoms with E-state index in [-0.39, 0.29) is 11.8 Å². The minimum atomic E-state index is -0.954. The summed E-state index contributed by atoms with van der Waals surface area (Å²) in [6.45, 7) is 6.66. The Morgan fingerprint density at radius 1 is 1.54 bits per heavy atom. The van der Waals surface area contributed by atoms with Gasteiger partial charge in [-0.25, -0.2) is 4.79 Å². The number of carbonyl (C=O) groups is 1. The predicted octanol–water partition coefficient (Wildman–Crippen LogP) is 1.93. The molecule has 0 atom stereocenters. The summed E-state index contributed by atoms with van der Waals surface area (Å²) < 4.78 is 0. The lowest BCUT2D eigenvalue weighted by atomic mass is 9.96. The average Bonchev–Trinajstić information content (AvgIpc) is 1.95. The van der Waals surface area contributed by atoms with Crippen molar-refractivity contribution in [1.29, 1.82) is 5.26 Å². The fourth-order valence-electron chi connectivity index (χ4n) is 1.000. The lowest BCUT2D eigenvalue weighted by Crippen LogP contribution is -2.37. The maximum Gasteiger partial charge on any atom is 0.407 e. The van der Waals surface area contributed by atoms with Crippen LogP contribution in [0.3, 0.4) is 0 Å². The molecular weight excluding hydrogens is 168 g/mol. The zero-order valence-corrected chi connectivity index (χ0v) is 8.37. The minimum absolute atomic E-state index is 0.0617. The van der Waals surface area contributed by atoms with E-state index in [4.69, 9.17) is 10.4 Å². The van der Waals surface area contributed by atoms with Crippen molar-refractivity contribution in [2.24, 2.45) is 5.41 Å². The Morgan fingerprint density at radius 2 is 2.08 bits per heavy atom. The van der Waals surface area contributed by atoms with Crippen molar-refractivity contribution >= 4 is 6.09 Å². The topological polar surface area (TPSA) is 64.3 Å². The third-order valence-electron chi connectivity index (χ3n) is 1.43. The van der Waals surface area contributed by atoms with E-state index in [9.17, 15) is 4.79 Å². The number of hydrogen-bond acceptors (Lipinski definition) is 2. The number of amides is 1. The molecule has 13 heavy (non-hydrogen) atoms. The van der Waals surface area contributed by atoms with E-state index in [1.54, 1.807) is 0 Å². The van der Waals surface area contributed by atoms with Crippen LogP contribution in [0.5, 0.6) is 0 Å². The summed E-state index contributed by atoms with van der Waals surface area (Å²) in [6, 6.07) is 1.93. The second-order valence-corrected chi connectivity index (χ2v) is 4.17. The maximum atomic E-state index is 10.7. The molecule has 1 N–H and O–H groups in total. The van der Waals surface area contributed by atoms with Gasteiger partial charge in [0.25, 0.3) is 0 Å². The van der Waals surface area contributed by atoms with Crippen LogP contribution in [0.2, 0.25) is 0 Å². The molecule has 0 fully saturated rings. The highest BCUT2D eigenvalue weighted by atomic mass is 16.4. The van der Waals surface area contributed by atoms with Crippen LogP contribution >= 0.6 is 0 Å². The Kier molecular flexibility index (Phi) is 4.26. The van der Waals surface area contributed by atoms with Gasteiger partial charge in [-0.15, -0.1) is 0 Å². The summed E-state index contributed by atoms with van der Waals surface area (Å²) in [5.41, 5.74) is -0.0617. The molecule has 0 aromatic heterocycles. The molecule has 4 heteroatoms. The number of carboxylic acid groups (broad SMARTS) is 1. The summed E-state index contributed by atoms with van der Waals surface area (Å²) in [4.78, 5) is 12.0. The first-order chi connectivity index (χ1) is 5.87. The quantitative estimate of drug-likeness (QED) is 0.728. The first kappa shape index (κ1) is 11.8. The van der Waals surface area contributed by atoms with Gasteiger partial charge in [-0.1, -0.05) is 20.8 Å². The molecule has 0 aliphatic heterocycles. The van der Waals surface area contributed by atoms with Crippen molar-refractivity contribution in [1.82, 2.24) is 4.90 Å². The minimum Gasteiger partial charge on any atom is -0.465 e. The Bertz CT molecular complexity index is 213. The van der Waals surface area contributed by atoms with E-state index < -0.39 is 6.09 Å². The van der Waals surface area contributed by atoms with Gasteiger partial charge in [0.05, 0.1) is 12.5 Å². The molecule has 0 saturated heterocycles. The van der Waals surface area contributed by atoms with Crippen molar-refractivity contribution in [3.05, 3.63) is 0 Å². The molecule has 0 unspecified atom stereocenters. The Labute approximate surface area is 78.8 Å². The van der Waals surface area contributed by atoms with Crippen LogP contribution in [0.4, 0.5) is 4.79 Å². The Balaban J connectivity index is 4.12. The van der Waals surface area contributed by atoms with E-state index in [1.165, 1.54) is 4.90 Å². The van der Waals surface area contributed by atoms with Crippen LogP contribution in [0.15, 0.2) is 0 Å². The number of rotatable bonds is 3. The molecule has 4 nitrogen and oxygen atoms in total. The summed E-state index contributed by atoms with van der Waals surface area (Å²) >= 11 is 0. The van der Waals surface area contributed by atoms with Crippen molar-refractivity contribution in [2.45, 2.75) is 27.2 Å². The van der Waals surface area contributed by atoms with Gasteiger partial charge in [0.1, 0.15) is 0 Å². The van der Waals surface area contributed by atoms with Gasteiger partial charge in [-0.05, 0) is 5.41 Å². The van der Waals surface area contributed by atoms with Gasteiger partial charge in [-0.3, -0.25) is 0 Å². The second kappa shape index (κ2) is 4.70. The molecule has 0 heterocycles. The van der Waals surface area contributed by atoms with Gasteiger partial charge in [-0.2, -0.15) is 5.26 Å². The molecule has 0 aromatic carbocycles. The summed E-state index contributed by atoms with van der Waals surface area (Å²) in [5, 5.41) is 17.1. The third-order valence-corrected chi connectivity index (χ3v) is 1.43. The zero-order valence-electron chi connectivity index (χ0n) is 8.37. The van der Waals surface area contributed by atoms with Crippen LogP contribution in [-0.4, -0.2) is 29.2 Å². The number of nitriles is 1. The zero-order chi connectivity index (χ0) is 10.5. The third kappa shape index (κ3) is 5.97. The summed E-state index contributed by atoms with van der Waals surface area (Å²) in [5.74, 6) is 0. The molecule has 0 aromatic rings. The molecule has 0 spiro atoms. The largest absolute Gasteiger partial charge is 0.465 e. The van der Waals surface area contributed by atoms with Crippen molar-refractivity contribution in [3.63, 3.8) is 0 Å². The smallest absolute Gasteiger partial charge is 0.407 e. The first-order valence-corrected chi connectivity index (χ1v) is 4.21. The van der Waals surface area contributed by atoms with Gasteiger partial charge >= 0.3 is 6.09 Å². The standard InChI is InChI=1S/C9H16N2O2/c1-9(2,3)7-11(8(12)13)6-4-5-10/h4,6-7H2,1-3H3,(H,12,13). The van der Waals surface area contributed by atoms with Crippen LogP contribution in [-0.2, 0) is 0 Å². The van der Waals surface area contributed by atoms with E-state index >= 15 is 0 Å². The molecule has 74 valence electrons. The summed E-state index contributed by atoms with van der Waals surface area (Å²) in [7, 11) is 0. The average molecular weight is 184 g/mol. The second-order valence-electron chi connectivity index (χ2n) is 4.17. The lowest BCUT2D eigenvalue weighted by molar-refractivity contribution is 0.127. The number of hydrogen-bond donors (Lipinski definition) is 1. The molecule has 1 amide bonds. The fraction of sp³-hybridized carbons (Fsp3) is 0.778. The Morgan fingerprint density at radius 3 is 2.38 bits per heavy atom. The molecule has 0 rings (SSSR count). The first-order valence-electron chi connectivity index (χ1n) is 4.21. The van der Waals surface area contributed by atoms with Crippen LogP contribution < -0.4 is 0 Å². The highest BCUT2D eigenvalue weighted by Crippen LogP contribution is 2.15. The van der Waals surface area contributed by atoms with Gasteiger partial charge in [0.2, 0.25) is 0 Å². The van der Waals surface area contributed by atoms with Gasteiger partial charge in [0, 0.05) is 13.1 Å². The maximum absolute atomic E-state index is 10.7. The highest BCUT2D eigenvalue weighted by molar-refractivity contribution is 5.65. The molecule has 0 aliphatic rings. The molecule has 0 aliphatic carbocycles. The Hall–Kier alpha value is -1.24. The molecule has 0 radical (unpaired) electrons. The lowest BCUT2D eigenvalue weighted by Gasteiger charge is -2.26. The van der Waals surface area contributed by atoms with Crippen LogP contribution in [0.25, 0.3) is 0 Å². The van der Waals surface area contributed by atoms with E-state index in [0.29, 0.717) is 13.1 Å². The highest BCUT2D eigenvalue weighted by Gasteiger charge is 2.19. The summed E-state index contributed by atoms with van der Waals surface area (Å²) in [6.07, 6.45) is -0.701. The number of nitrogens with zero attached hydrogens (tertiary/aromatic N) is 2. The predicted molar refractivity (Wildman–Crippen MR) is 49.3 cm³/mol. The van der Waals surface area contributed by atoms with E-state index in [0.717, 1.165) is 0 Å². The van der Waals surface area contributed by atoms with Crippen molar-refractivity contribution in [3.8, 4) is 6.07 Å². The SMILES string of the molecule is CC(C)(C)CN(CCC#N)C(=O)O. The van der Waals surface area contributed by atoms with E-state index in [2.05, 4.69) is 0 Å². The van der Waals surface area contributed by atoms with Crippen molar-refractivity contribution < 1.29 is 9.90 Å². The molecule has 0 saturated carbocycles.